The van der Waals surface area contributed by atoms with Gasteiger partial charge in [0.05, 0.1) is 11.1 Å². The van der Waals surface area contributed by atoms with Gasteiger partial charge in [-0.2, -0.15) is 0 Å². The van der Waals surface area contributed by atoms with E-state index in [0.29, 0.717) is 11.7 Å². The number of amides is 1. The Morgan fingerprint density at radius 3 is 2.77 bits per heavy atom. The number of aromatic nitrogens is 3. The molecule has 0 saturated carbocycles. The lowest BCUT2D eigenvalue weighted by Crippen LogP contribution is -2.48. The second-order valence-corrected chi connectivity index (χ2v) is 8.53. The predicted molar refractivity (Wildman–Crippen MR) is 106 cm³/mol. The summed E-state index contributed by atoms with van der Waals surface area (Å²) in [6, 6.07) is 1.97. The van der Waals surface area contributed by atoms with Crippen LogP contribution in [-0.2, 0) is 4.79 Å². The van der Waals surface area contributed by atoms with Gasteiger partial charge in [-0.3, -0.25) is 4.79 Å². The van der Waals surface area contributed by atoms with Gasteiger partial charge in [-0.25, -0.2) is 15.0 Å². The van der Waals surface area contributed by atoms with Crippen molar-refractivity contribution in [1.82, 2.24) is 15.0 Å². The van der Waals surface area contributed by atoms with Crippen molar-refractivity contribution in [2.75, 3.05) is 42.3 Å². The Hall–Kier alpha value is -2.22. The highest BCUT2D eigenvalue weighted by Crippen LogP contribution is 2.34. The second kappa shape index (κ2) is 7.19. The number of carbonyl (C=O) groups excluding carboxylic acids is 1. The molecule has 26 heavy (non-hydrogen) atoms. The summed E-state index contributed by atoms with van der Waals surface area (Å²) in [5.74, 6) is 1.75. The average Bonchev–Trinajstić information content (AvgIpc) is 2.92. The van der Waals surface area contributed by atoms with Gasteiger partial charge in [-0.05, 0) is 33.6 Å². The molecule has 7 nitrogen and oxygen atoms in total. The minimum atomic E-state index is -0.477. The maximum atomic E-state index is 12.9. The highest BCUT2D eigenvalue weighted by molar-refractivity contribution is 7.15. The van der Waals surface area contributed by atoms with Gasteiger partial charge in [0.1, 0.15) is 18.0 Å². The van der Waals surface area contributed by atoms with Gasteiger partial charge in [0, 0.05) is 38.1 Å². The first-order chi connectivity index (χ1) is 12.3. The molecule has 0 aromatic carbocycles. The Kier molecular flexibility index (Phi) is 5.13. The van der Waals surface area contributed by atoms with Crippen molar-refractivity contribution >= 4 is 34.0 Å². The number of hydrogen-bond acceptors (Lipinski definition) is 7. The molecule has 0 bridgehead atoms. The second-order valence-electron chi connectivity index (χ2n) is 7.33. The zero-order chi connectivity index (χ0) is 18.9. The van der Waals surface area contributed by atoms with Gasteiger partial charge >= 0.3 is 0 Å². The third-order valence-corrected chi connectivity index (χ3v) is 5.90. The number of thiazole rings is 1. The van der Waals surface area contributed by atoms with Gasteiger partial charge in [0.25, 0.3) is 0 Å². The van der Waals surface area contributed by atoms with Gasteiger partial charge < -0.3 is 15.1 Å². The molecule has 1 aliphatic rings. The van der Waals surface area contributed by atoms with Gasteiger partial charge in [0.2, 0.25) is 5.91 Å². The smallest absolute Gasteiger partial charge is 0.233 e. The largest absolute Gasteiger partial charge is 0.363 e. The molecule has 1 saturated heterocycles. The van der Waals surface area contributed by atoms with E-state index in [1.165, 1.54) is 11.3 Å². The summed E-state index contributed by atoms with van der Waals surface area (Å²) in [6.45, 7) is 7.53. The number of rotatable bonds is 4. The standard InChI is InChI=1S/C18H26N6OS/c1-12-13(2)26-17(21-12)22-16(25)18(3)7-6-8-24(10-18)15-9-14(23(4)5)19-11-20-15/h9,11H,6-8,10H2,1-5H3,(H,21,22,25). The topological polar surface area (TPSA) is 74.2 Å². The van der Waals surface area contributed by atoms with Crippen LogP contribution >= 0.6 is 11.3 Å². The summed E-state index contributed by atoms with van der Waals surface area (Å²) in [5, 5.41) is 3.70. The van der Waals surface area contributed by atoms with Crippen LogP contribution in [0.1, 0.15) is 30.3 Å². The number of hydrogen-bond donors (Lipinski definition) is 1. The van der Waals surface area contributed by atoms with Crippen molar-refractivity contribution in [2.45, 2.75) is 33.6 Å². The molecule has 2 aromatic rings. The molecule has 0 spiro atoms. The molecule has 1 aliphatic heterocycles. The molecule has 8 heteroatoms. The fourth-order valence-electron chi connectivity index (χ4n) is 3.15. The van der Waals surface area contributed by atoms with E-state index in [9.17, 15) is 4.79 Å². The molecule has 1 atom stereocenters. The molecule has 1 unspecified atom stereocenters. The number of carbonyl (C=O) groups is 1. The van der Waals surface area contributed by atoms with Gasteiger partial charge in [-0.1, -0.05) is 0 Å². The van der Waals surface area contributed by atoms with E-state index in [1.807, 2.05) is 45.8 Å². The minimum Gasteiger partial charge on any atom is -0.363 e. The Morgan fingerprint density at radius 1 is 1.35 bits per heavy atom. The van der Waals surface area contributed by atoms with E-state index < -0.39 is 5.41 Å². The van der Waals surface area contributed by atoms with Crippen molar-refractivity contribution in [1.29, 1.82) is 0 Å². The first-order valence-electron chi connectivity index (χ1n) is 8.78. The van der Waals surface area contributed by atoms with Crippen molar-refractivity contribution in [3.8, 4) is 0 Å². The average molecular weight is 375 g/mol. The first-order valence-corrected chi connectivity index (χ1v) is 9.60. The minimum absolute atomic E-state index is 0.0258. The van der Waals surface area contributed by atoms with Crippen LogP contribution in [0.4, 0.5) is 16.8 Å². The van der Waals surface area contributed by atoms with Crippen LogP contribution in [0.5, 0.6) is 0 Å². The van der Waals surface area contributed by atoms with Crippen LogP contribution in [0.15, 0.2) is 12.4 Å². The zero-order valence-electron chi connectivity index (χ0n) is 16.0. The molecule has 1 fully saturated rings. The van der Waals surface area contributed by atoms with E-state index >= 15 is 0 Å². The molecule has 0 aliphatic carbocycles. The van der Waals surface area contributed by atoms with E-state index in [2.05, 4.69) is 25.2 Å². The third-order valence-electron chi connectivity index (χ3n) is 4.91. The molecular formula is C18H26N6OS. The molecule has 2 aromatic heterocycles. The fourth-order valence-corrected chi connectivity index (χ4v) is 3.96. The lowest BCUT2D eigenvalue weighted by molar-refractivity contribution is -0.125. The maximum absolute atomic E-state index is 12.9. The van der Waals surface area contributed by atoms with Crippen LogP contribution in [0.3, 0.4) is 0 Å². The summed E-state index contributed by atoms with van der Waals surface area (Å²) >= 11 is 1.52. The van der Waals surface area contributed by atoms with E-state index in [1.54, 1.807) is 6.33 Å². The summed E-state index contributed by atoms with van der Waals surface area (Å²) in [6.07, 6.45) is 3.38. The van der Waals surface area contributed by atoms with E-state index in [0.717, 1.165) is 41.6 Å². The van der Waals surface area contributed by atoms with E-state index in [4.69, 9.17) is 0 Å². The SMILES string of the molecule is Cc1nc(NC(=O)C2(C)CCCN(c3cc(N(C)C)ncn3)C2)sc1C. The third kappa shape index (κ3) is 3.80. The van der Waals surface area contributed by atoms with Crippen molar-refractivity contribution in [2.24, 2.45) is 5.41 Å². The molecule has 1 amide bonds. The Labute approximate surface area is 158 Å². The normalized spacial score (nSPS) is 20.1. The van der Waals surface area contributed by atoms with Crippen LogP contribution in [-0.4, -0.2) is 48.0 Å². The Balaban J connectivity index is 1.75. The lowest BCUT2D eigenvalue weighted by atomic mass is 9.81. The van der Waals surface area contributed by atoms with Crippen LogP contribution in [0.2, 0.25) is 0 Å². The van der Waals surface area contributed by atoms with Crippen LogP contribution in [0.25, 0.3) is 0 Å². The molecule has 3 rings (SSSR count). The zero-order valence-corrected chi connectivity index (χ0v) is 16.9. The highest BCUT2D eigenvalue weighted by atomic mass is 32.1. The highest BCUT2D eigenvalue weighted by Gasteiger charge is 2.38. The van der Waals surface area contributed by atoms with Crippen LogP contribution in [0, 0.1) is 19.3 Å². The summed E-state index contributed by atoms with van der Waals surface area (Å²) in [4.78, 5) is 31.3. The number of aryl methyl sites for hydroxylation is 2. The molecule has 3 heterocycles. The molecule has 0 radical (unpaired) electrons. The first kappa shape index (κ1) is 18.6. The maximum Gasteiger partial charge on any atom is 0.233 e. The number of nitrogens with one attached hydrogen (secondary N) is 1. The number of piperidine rings is 1. The van der Waals surface area contributed by atoms with Crippen molar-refractivity contribution in [3.63, 3.8) is 0 Å². The van der Waals surface area contributed by atoms with Crippen LogP contribution < -0.4 is 15.1 Å². The molecule has 140 valence electrons. The summed E-state index contributed by atoms with van der Waals surface area (Å²) in [7, 11) is 3.91. The predicted octanol–water partition coefficient (Wildman–Crippen LogP) is 2.86. The van der Waals surface area contributed by atoms with Crippen molar-refractivity contribution < 1.29 is 4.79 Å². The quantitative estimate of drug-likeness (QED) is 0.887. The molecule has 1 N–H and O–H groups in total. The fraction of sp³-hybridized carbons (Fsp3) is 0.556. The van der Waals surface area contributed by atoms with Crippen molar-refractivity contribution in [3.05, 3.63) is 23.0 Å². The summed E-state index contributed by atoms with van der Waals surface area (Å²) < 4.78 is 0. The Bertz CT molecular complexity index is 785. The molecular weight excluding hydrogens is 348 g/mol. The summed E-state index contributed by atoms with van der Waals surface area (Å²) in [5.41, 5.74) is 0.493. The van der Waals surface area contributed by atoms with Gasteiger partial charge in [0.15, 0.2) is 5.13 Å². The lowest BCUT2D eigenvalue weighted by Gasteiger charge is -2.39. The Morgan fingerprint density at radius 2 is 2.12 bits per heavy atom. The monoisotopic (exact) mass is 374 g/mol. The number of anilines is 3. The van der Waals surface area contributed by atoms with Gasteiger partial charge in [-0.15, -0.1) is 11.3 Å². The number of nitrogens with zero attached hydrogens (tertiary/aromatic N) is 5. The van der Waals surface area contributed by atoms with E-state index in [-0.39, 0.29) is 5.91 Å².